The lowest BCUT2D eigenvalue weighted by molar-refractivity contribution is 0.795. The quantitative estimate of drug-likeness (QED) is 0.439. The molecule has 3 aromatic rings. The number of unbranched alkanes of at least 4 members (excludes halogenated alkanes) is 1. The highest BCUT2D eigenvalue weighted by atomic mass is 35.5. The van der Waals surface area contributed by atoms with Gasteiger partial charge in [-0.2, -0.15) is 0 Å². The normalized spacial score (nSPS) is 10.6. The van der Waals surface area contributed by atoms with Crippen molar-refractivity contribution in [1.82, 2.24) is 9.97 Å². The molecule has 0 fully saturated rings. The molecule has 27 heavy (non-hydrogen) atoms. The molecular weight excluding hydrogens is 381 g/mol. The molecule has 1 aromatic heterocycles. The van der Waals surface area contributed by atoms with E-state index in [9.17, 15) is 0 Å². The topological polar surface area (TPSA) is 75.9 Å². The third kappa shape index (κ3) is 5.02. The van der Waals surface area contributed by atoms with Gasteiger partial charge in [-0.1, -0.05) is 48.7 Å². The van der Waals surface area contributed by atoms with Crippen molar-refractivity contribution in [2.45, 2.75) is 26.2 Å². The third-order valence-corrected chi connectivity index (χ3v) is 4.84. The Labute approximate surface area is 168 Å². The number of rotatable bonds is 7. The lowest BCUT2D eigenvalue weighted by Crippen LogP contribution is -2.05. The van der Waals surface area contributed by atoms with Crippen LogP contribution in [0.25, 0.3) is 0 Å². The summed E-state index contributed by atoms with van der Waals surface area (Å²) in [6.45, 7) is 2.19. The number of nitrogens with zero attached hydrogens (tertiary/aromatic N) is 2. The predicted molar refractivity (Wildman–Crippen MR) is 115 cm³/mol. The number of hydrogen-bond acceptors (Lipinski definition) is 5. The molecule has 0 spiro atoms. The minimum atomic E-state index is 0.415. The molecule has 0 radical (unpaired) electrons. The average Bonchev–Trinajstić information content (AvgIpc) is 2.67. The monoisotopic (exact) mass is 401 g/mol. The van der Waals surface area contributed by atoms with Gasteiger partial charge >= 0.3 is 0 Å². The van der Waals surface area contributed by atoms with Gasteiger partial charge in [0.25, 0.3) is 0 Å². The van der Waals surface area contributed by atoms with E-state index in [1.54, 1.807) is 18.2 Å². The Bertz CT molecular complexity index is 913. The van der Waals surface area contributed by atoms with Crippen LogP contribution in [0.15, 0.2) is 48.8 Å². The predicted octanol–water partition coefficient (Wildman–Crippen LogP) is 6.20. The van der Waals surface area contributed by atoms with Crippen LogP contribution in [0.2, 0.25) is 10.0 Å². The molecule has 0 bridgehead atoms. The molecule has 3 rings (SSSR count). The van der Waals surface area contributed by atoms with Crippen molar-refractivity contribution in [3.05, 3.63) is 64.4 Å². The van der Waals surface area contributed by atoms with Crippen LogP contribution < -0.4 is 16.4 Å². The van der Waals surface area contributed by atoms with E-state index in [2.05, 4.69) is 39.7 Å². The maximum Gasteiger partial charge on any atom is 0.159 e. The van der Waals surface area contributed by atoms with Crippen molar-refractivity contribution in [3.8, 4) is 0 Å². The Hall–Kier alpha value is -2.50. The zero-order chi connectivity index (χ0) is 19.2. The number of nitrogens with two attached hydrogens (primary N) is 1. The zero-order valence-corrected chi connectivity index (χ0v) is 16.5. The van der Waals surface area contributed by atoms with Crippen LogP contribution in [0.4, 0.5) is 28.7 Å². The highest BCUT2D eigenvalue weighted by molar-refractivity contribution is 6.42. The number of aromatic nitrogens is 2. The fourth-order valence-electron chi connectivity index (χ4n) is 2.58. The molecule has 7 heteroatoms. The minimum absolute atomic E-state index is 0.415. The van der Waals surface area contributed by atoms with E-state index in [-0.39, 0.29) is 0 Å². The zero-order valence-electron chi connectivity index (χ0n) is 15.0. The molecule has 0 atom stereocenters. The molecule has 0 saturated carbocycles. The third-order valence-electron chi connectivity index (χ3n) is 4.10. The molecule has 4 N–H and O–H groups in total. The summed E-state index contributed by atoms with van der Waals surface area (Å²) in [4.78, 5) is 8.46. The highest BCUT2D eigenvalue weighted by Gasteiger charge is 2.10. The molecular formula is C20H21Cl2N5. The Morgan fingerprint density at radius 1 is 0.889 bits per heavy atom. The molecule has 1 heterocycles. The van der Waals surface area contributed by atoms with Crippen molar-refractivity contribution in [2.24, 2.45) is 0 Å². The molecule has 140 valence electrons. The first-order valence-corrected chi connectivity index (χ1v) is 9.51. The number of aryl methyl sites for hydroxylation is 1. The second-order valence-electron chi connectivity index (χ2n) is 6.16. The summed E-state index contributed by atoms with van der Waals surface area (Å²) in [6.07, 6.45) is 4.92. The van der Waals surface area contributed by atoms with Gasteiger partial charge < -0.3 is 16.4 Å². The average molecular weight is 402 g/mol. The van der Waals surface area contributed by atoms with Gasteiger partial charge in [-0.3, -0.25) is 0 Å². The van der Waals surface area contributed by atoms with Gasteiger partial charge in [0.2, 0.25) is 0 Å². The Balaban J connectivity index is 1.75. The van der Waals surface area contributed by atoms with Crippen molar-refractivity contribution in [3.63, 3.8) is 0 Å². The van der Waals surface area contributed by atoms with Crippen LogP contribution in [-0.2, 0) is 6.42 Å². The summed E-state index contributed by atoms with van der Waals surface area (Å²) in [5.74, 6) is 1.03. The van der Waals surface area contributed by atoms with Crippen molar-refractivity contribution in [1.29, 1.82) is 0 Å². The number of nitrogens with one attached hydrogen (secondary N) is 2. The first-order valence-electron chi connectivity index (χ1n) is 8.75. The van der Waals surface area contributed by atoms with Crippen molar-refractivity contribution < 1.29 is 0 Å². The first kappa shape index (κ1) is 19.3. The number of anilines is 5. The molecule has 2 aromatic carbocycles. The maximum atomic E-state index is 6.23. The van der Waals surface area contributed by atoms with Gasteiger partial charge in [-0.25, -0.2) is 9.97 Å². The smallest absolute Gasteiger partial charge is 0.159 e. The van der Waals surface area contributed by atoms with Gasteiger partial charge in [0.15, 0.2) is 11.6 Å². The standard InChI is InChI=1S/C20H21Cl2N5/c1-2-3-4-13-5-7-14(8-6-13)26-19-18(23)20(25-12-24-19)27-15-9-10-16(21)17(22)11-15/h5-12H,2-4,23H2,1H3,(H2,24,25,26,27). The molecule has 0 aliphatic heterocycles. The van der Waals surface area contributed by atoms with Crippen LogP contribution in [0.3, 0.4) is 0 Å². The summed E-state index contributed by atoms with van der Waals surface area (Å²) >= 11 is 12.0. The number of benzene rings is 2. The lowest BCUT2D eigenvalue weighted by Gasteiger charge is -2.13. The van der Waals surface area contributed by atoms with Crippen LogP contribution in [0.5, 0.6) is 0 Å². The van der Waals surface area contributed by atoms with Crippen LogP contribution in [0.1, 0.15) is 25.3 Å². The van der Waals surface area contributed by atoms with E-state index < -0.39 is 0 Å². The highest BCUT2D eigenvalue weighted by Crippen LogP contribution is 2.31. The fourth-order valence-corrected chi connectivity index (χ4v) is 2.88. The SMILES string of the molecule is CCCCc1ccc(Nc2ncnc(Nc3ccc(Cl)c(Cl)c3)c2N)cc1. The van der Waals surface area contributed by atoms with Gasteiger partial charge in [-0.15, -0.1) is 0 Å². The number of nitrogen functional groups attached to an aromatic ring is 1. The summed E-state index contributed by atoms with van der Waals surface area (Å²) < 4.78 is 0. The molecule has 5 nitrogen and oxygen atoms in total. The second-order valence-corrected chi connectivity index (χ2v) is 6.98. The van der Waals surface area contributed by atoms with Gasteiger partial charge in [-0.05, 0) is 48.7 Å². The van der Waals surface area contributed by atoms with E-state index in [1.807, 2.05) is 12.1 Å². The maximum absolute atomic E-state index is 6.23. The van der Waals surface area contributed by atoms with E-state index >= 15 is 0 Å². The van der Waals surface area contributed by atoms with Gasteiger partial charge in [0, 0.05) is 11.4 Å². The number of halogens is 2. The fraction of sp³-hybridized carbons (Fsp3) is 0.200. The Morgan fingerprint density at radius 2 is 1.52 bits per heavy atom. The van der Waals surface area contributed by atoms with Crippen molar-refractivity contribution >= 4 is 51.9 Å². The molecule has 0 aliphatic rings. The van der Waals surface area contributed by atoms with E-state index in [0.717, 1.165) is 17.8 Å². The molecule has 0 unspecified atom stereocenters. The van der Waals surface area contributed by atoms with Crippen LogP contribution >= 0.6 is 23.2 Å². The number of hydrogen-bond donors (Lipinski definition) is 3. The van der Waals surface area contributed by atoms with Gasteiger partial charge in [0.1, 0.15) is 12.0 Å². The van der Waals surface area contributed by atoms with E-state index in [4.69, 9.17) is 28.9 Å². The lowest BCUT2D eigenvalue weighted by atomic mass is 10.1. The molecule has 0 amide bonds. The molecule has 0 aliphatic carbocycles. The second kappa shape index (κ2) is 8.93. The minimum Gasteiger partial charge on any atom is -0.393 e. The largest absolute Gasteiger partial charge is 0.393 e. The van der Waals surface area contributed by atoms with Gasteiger partial charge in [0.05, 0.1) is 10.0 Å². The van der Waals surface area contributed by atoms with Crippen molar-refractivity contribution in [2.75, 3.05) is 16.4 Å². The first-order chi connectivity index (χ1) is 13.1. The Kier molecular flexibility index (Phi) is 6.37. The van der Waals surface area contributed by atoms with Crippen LogP contribution in [0, 0.1) is 0 Å². The Morgan fingerprint density at radius 3 is 2.15 bits per heavy atom. The summed E-state index contributed by atoms with van der Waals surface area (Å²) in [6, 6.07) is 13.5. The van der Waals surface area contributed by atoms with Crippen LogP contribution in [-0.4, -0.2) is 9.97 Å². The van der Waals surface area contributed by atoms with E-state index in [0.29, 0.717) is 27.4 Å². The van der Waals surface area contributed by atoms with E-state index in [1.165, 1.54) is 24.7 Å². The molecule has 0 saturated heterocycles. The summed E-state index contributed by atoms with van der Waals surface area (Å²) in [5.41, 5.74) is 9.62. The summed E-state index contributed by atoms with van der Waals surface area (Å²) in [7, 11) is 0. The summed E-state index contributed by atoms with van der Waals surface area (Å²) in [5, 5.41) is 7.32.